The quantitative estimate of drug-likeness (QED) is 0.758. The summed E-state index contributed by atoms with van der Waals surface area (Å²) in [6.45, 7) is 9.54. The second-order valence-corrected chi connectivity index (χ2v) is 4.86. The lowest BCUT2D eigenvalue weighted by Crippen LogP contribution is -2.42. The van der Waals surface area contributed by atoms with E-state index in [1.54, 1.807) is 0 Å². The molecule has 88 valence electrons. The van der Waals surface area contributed by atoms with Gasteiger partial charge >= 0.3 is 0 Å². The third kappa shape index (κ3) is 2.63. The van der Waals surface area contributed by atoms with Crippen molar-refractivity contribution in [3.05, 3.63) is 35.4 Å². The Kier molecular flexibility index (Phi) is 3.62. The molecule has 1 heterocycles. The van der Waals surface area contributed by atoms with Crippen molar-refractivity contribution in [3.8, 4) is 0 Å². The lowest BCUT2D eigenvalue weighted by Gasteiger charge is -2.35. The van der Waals surface area contributed by atoms with Gasteiger partial charge in [-0.1, -0.05) is 29.8 Å². The summed E-state index contributed by atoms with van der Waals surface area (Å²) in [4.78, 5) is 2.48. The van der Waals surface area contributed by atoms with Crippen molar-refractivity contribution >= 4 is 0 Å². The van der Waals surface area contributed by atoms with Crippen LogP contribution >= 0.6 is 0 Å². The average Bonchev–Trinajstić information content (AvgIpc) is 2.29. The van der Waals surface area contributed by atoms with Crippen molar-refractivity contribution in [2.75, 3.05) is 19.7 Å². The van der Waals surface area contributed by atoms with Crippen LogP contribution in [-0.2, 0) is 4.74 Å². The van der Waals surface area contributed by atoms with E-state index in [1.165, 1.54) is 11.1 Å². The highest BCUT2D eigenvalue weighted by Crippen LogP contribution is 2.23. The zero-order valence-electron chi connectivity index (χ0n) is 10.4. The van der Waals surface area contributed by atoms with Crippen LogP contribution in [-0.4, -0.2) is 30.6 Å². The molecule has 0 aromatic heterocycles. The molecular formula is C14H21NO. The standard InChI is InChI=1S/C14H21NO/c1-11(2)15-7-8-16-14(10-15)13-6-4-5-12(3)9-13/h4-6,9,11,14H,7-8,10H2,1-3H3. The molecule has 0 amide bonds. The monoisotopic (exact) mass is 219 g/mol. The van der Waals surface area contributed by atoms with Crippen molar-refractivity contribution in [1.29, 1.82) is 0 Å². The predicted molar refractivity (Wildman–Crippen MR) is 66.6 cm³/mol. The Hall–Kier alpha value is -0.860. The van der Waals surface area contributed by atoms with Crippen molar-refractivity contribution < 1.29 is 4.74 Å². The molecular weight excluding hydrogens is 198 g/mol. The Morgan fingerprint density at radius 1 is 1.38 bits per heavy atom. The summed E-state index contributed by atoms with van der Waals surface area (Å²) in [6.07, 6.45) is 0.246. The van der Waals surface area contributed by atoms with E-state index < -0.39 is 0 Å². The van der Waals surface area contributed by atoms with Gasteiger partial charge in [-0.15, -0.1) is 0 Å². The molecule has 1 unspecified atom stereocenters. The average molecular weight is 219 g/mol. The molecule has 2 rings (SSSR count). The maximum Gasteiger partial charge on any atom is 0.0952 e. The number of rotatable bonds is 2. The van der Waals surface area contributed by atoms with Gasteiger partial charge in [-0.05, 0) is 26.3 Å². The zero-order valence-corrected chi connectivity index (χ0v) is 10.4. The summed E-state index contributed by atoms with van der Waals surface area (Å²) in [5.41, 5.74) is 2.62. The van der Waals surface area contributed by atoms with Gasteiger partial charge in [0.15, 0.2) is 0 Å². The van der Waals surface area contributed by atoms with E-state index in [0.29, 0.717) is 6.04 Å². The summed E-state index contributed by atoms with van der Waals surface area (Å²) in [6, 6.07) is 9.25. The maximum absolute atomic E-state index is 5.86. The predicted octanol–water partition coefficient (Wildman–Crippen LogP) is 2.78. The fourth-order valence-electron chi connectivity index (χ4n) is 2.21. The molecule has 1 aliphatic rings. The molecule has 0 N–H and O–H groups in total. The molecule has 1 fully saturated rings. The molecule has 2 nitrogen and oxygen atoms in total. The molecule has 1 atom stereocenters. The van der Waals surface area contributed by atoms with E-state index in [9.17, 15) is 0 Å². The van der Waals surface area contributed by atoms with E-state index in [2.05, 4.69) is 49.9 Å². The summed E-state index contributed by atoms with van der Waals surface area (Å²) in [7, 11) is 0. The number of benzene rings is 1. The second kappa shape index (κ2) is 4.98. The fraction of sp³-hybridized carbons (Fsp3) is 0.571. The third-order valence-corrected chi connectivity index (χ3v) is 3.24. The normalized spacial score (nSPS) is 22.6. The van der Waals surface area contributed by atoms with Gasteiger partial charge < -0.3 is 4.74 Å². The first kappa shape index (κ1) is 11.6. The van der Waals surface area contributed by atoms with Gasteiger partial charge in [0.25, 0.3) is 0 Å². The van der Waals surface area contributed by atoms with Gasteiger partial charge in [0.2, 0.25) is 0 Å². The van der Waals surface area contributed by atoms with Crippen LogP contribution in [0.15, 0.2) is 24.3 Å². The first-order chi connectivity index (χ1) is 7.66. The van der Waals surface area contributed by atoms with Crippen LogP contribution in [0.3, 0.4) is 0 Å². The molecule has 0 saturated carbocycles. The Labute approximate surface area is 98.2 Å². The Morgan fingerprint density at radius 3 is 2.88 bits per heavy atom. The van der Waals surface area contributed by atoms with Crippen LogP contribution in [0.2, 0.25) is 0 Å². The smallest absolute Gasteiger partial charge is 0.0952 e. The molecule has 1 saturated heterocycles. The summed E-state index contributed by atoms with van der Waals surface area (Å²) >= 11 is 0. The van der Waals surface area contributed by atoms with Crippen molar-refractivity contribution in [2.45, 2.75) is 32.9 Å². The number of hydrogen-bond donors (Lipinski definition) is 0. The molecule has 0 aliphatic carbocycles. The first-order valence-electron chi connectivity index (χ1n) is 6.09. The highest BCUT2D eigenvalue weighted by atomic mass is 16.5. The van der Waals surface area contributed by atoms with Crippen molar-refractivity contribution in [2.24, 2.45) is 0 Å². The number of nitrogens with zero attached hydrogens (tertiary/aromatic N) is 1. The van der Waals surface area contributed by atoms with Gasteiger partial charge in [0.05, 0.1) is 12.7 Å². The molecule has 0 bridgehead atoms. The minimum absolute atomic E-state index is 0.246. The SMILES string of the molecule is Cc1cccc(C2CN(C(C)C)CCO2)c1. The van der Waals surface area contributed by atoms with Gasteiger partial charge in [-0.2, -0.15) is 0 Å². The van der Waals surface area contributed by atoms with Gasteiger partial charge in [-0.25, -0.2) is 0 Å². The molecule has 0 spiro atoms. The minimum Gasteiger partial charge on any atom is -0.371 e. The largest absolute Gasteiger partial charge is 0.371 e. The molecule has 1 aromatic rings. The summed E-state index contributed by atoms with van der Waals surface area (Å²) in [5.74, 6) is 0. The van der Waals surface area contributed by atoms with Crippen LogP contribution in [0.5, 0.6) is 0 Å². The Balaban J connectivity index is 2.09. The van der Waals surface area contributed by atoms with Crippen molar-refractivity contribution in [1.82, 2.24) is 4.90 Å². The van der Waals surface area contributed by atoms with Gasteiger partial charge in [0.1, 0.15) is 0 Å². The van der Waals surface area contributed by atoms with Crippen molar-refractivity contribution in [3.63, 3.8) is 0 Å². The van der Waals surface area contributed by atoms with Crippen LogP contribution in [0.25, 0.3) is 0 Å². The van der Waals surface area contributed by atoms with Gasteiger partial charge in [0, 0.05) is 19.1 Å². The van der Waals surface area contributed by atoms with E-state index >= 15 is 0 Å². The van der Waals surface area contributed by atoms with E-state index in [0.717, 1.165) is 19.7 Å². The summed E-state index contributed by atoms with van der Waals surface area (Å²) in [5, 5.41) is 0. The summed E-state index contributed by atoms with van der Waals surface area (Å²) < 4.78 is 5.86. The zero-order chi connectivity index (χ0) is 11.5. The number of aryl methyl sites for hydroxylation is 1. The Morgan fingerprint density at radius 2 is 2.19 bits per heavy atom. The lowest BCUT2D eigenvalue weighted by atomic mass is 10.0. The van der Waals surface area contributed by atoms with Crippen LogP contribution in [0, 0.1) is 6.92 Å². The third-order valence-electron chi connectivity index (χ3n) is 3.24. The topological polar surface area (TPSA) is 12.5 Å². The van der Waals surface area contributed by atoms with E-state index in [4.69, 9.17) is 4.74 Å². The van der Waals surface area contributed by atoms with Gasteiger partial charge in [-0.3, -0.25) is 4.90 Å². The second-order valence-electron chi connectivity index (χ2n) is 4.86. The maximum atomic E-state index is 5.86. The fourth-order valence-corrected chi connectivity index (χ4v) is 2.21. The highest BCUT2D eigenvalue weighted by molar-refractivity contribution is 5.24. The molecule has 16 heavy (non-hydrogen) atoms. The number of hydrogen-bond acceptors (Lipinski definition) is 2. The Bertz CT molecular complexity index is 348. The van der Waals surface area contributed by atoms with E-state index in [-0.39, 0.29) is 6.10 Å². The number of morpholine rings is 1. The molecule has 2 heteroatoms. The molecule has 1 aromatic carbocycles. The van der Waals surface area contributed by atoms with Crippen LogP contribution < -0.4 is 0 Å². The first-order valence-corrected chi connectivity index (χ1v) is 6.09. The van der Waals surface area contributed by atoms with Crippen LogP contribution in [0.1, 0.15) is 31.1 Å². The lowest BCUT2D eigenvalue weighted by molar-refractivity contribution is -0.0402. The highest BCUT2D eigenvalue weighted by Gasteiger charge is 2.23. The molecule has 0 radical (unpaired) electrons. The van der Waals surface area contributed by atoms with E-state index in [1.807, 2.05) is 0 Å². The number of ether oxygens (including phenoxy) is 1. The molecule has 1 aliphatic heterocycles. The van der Waals surface area contributed by atoms with Crippen LogP contribution in [0.4, 0.5) is 0 Å². The minimum atomic E-state index is 0.246.